The summed E-state index contributed by atoms with van der Waals surface area (Å²) < 4.78 is 33.7. The van der Waals surface area contributed by atoms with Gasteiger partial charge in [0.25, 0.3) is 10.0 Å². The topological polar surface area (TPSA) is 55.4 Å². The Kier molecular flexibility index (Phi) is 5.13. The minimum absolute atomic E-state index is 0.165. The Morgan fingerprint density at radius 3 is 2.27 bits per heavy atom. The lowest BCUT2D eigenvalue weighted by Gasteiger charge is -2.14. The summed E-state index contributed by atoms with van der Waals surface area (Å²) in [5, 5.41) is 0. The second kappa shape index (κ2) is 6.71. The molecule has 0 spiro atoms. The predicted molar refractivity (Wildman–Crippen MR) is 92.0 cm³/mol. The molecule has 22 heavy (non-hydrogen) atoms. The summed E-state index contributed by atoms with van der Waals surface area (Å²) in [6.07, 6.45) is 0. The largest absolute Gasteiger partial charge is 0.496 e. The Labute approximate surface area is 139 Å². The van der Waals surface area contributed by atoms with Crippen molar-refractivity contribution in [2.45, 2.75) is 24.7 Å². The van der Waals surface area contributed by atoms with Crippen molar-refractivity contribution >= 4 is 31.6 Å². The molecule has 0 saturated carbocycles. The third kappa shape index (κ3) is 3.81. The Hall–Kier alpha value is -1.53. The number of anilines is 1. The molecule has 0 aliphatic rings. The molecule has 2 aromatic carbocycles. The molecule has 1 N–H and O–H groups in total. The first-order chi connectivity index (χ1) is 10.3. The second-order valence-electron chi connectivity index (χ2n) is 5.17. The summed E-state index contributed by atoms with van der Waals surface area (Å²) in [7, 11) is -2.05. The van der Waals surface area contributed by atoms with Gasteiger partial charge in [-0.25, -0.2) is 8.42 Å². The van der Waals surface area contributed by atoms with Gasteiger partial charge in [-0.1, -0.05) is 29.8 Å². The van der Waals surface area contributed by atoms with Crippen LogP contribution in [0.3, 0.4) is 0 Å². The van der Waals surface area contributed by atoms with Gasteiger partial charge in [-0.15, -0.1) is 0 Å². The molecule has 0 amide bonds. The summed E-state index contributed by atoms with van der Waals surface area (Å²) in [6.45, 7) is 3.99. The van der Waals surface area contributed by atoms with Crippen LogP contribution in [0.1, 0.15) is 25.3 Å². The summed E-state index contributed by atoms with van der Waals surface area (Å²) in [5.41, 5.74) is 1.38. The maximum atomic E-state index is 12.5. The van der Waals surface area contributed by atoms with Crippen LogP contribution in [0, 0.1) is 0 Å². The average Bonchev–Trinajstić information content (AvgIpc) is 2.48. The molecule has 0 saturated heterocycles. The minimum Gasteiger partial charge on any atom is -0.496 e. The zero-order valence-electron chi connectivity index (χ0n) is 12.6. The van der Waals surface area contributed by atoms with E-state index in [1.807, 2.05) is 13.8 Å². The number of benzene rings is 2. The van der Waals surface area contributed by atoms with E-state index >= 15 is 0 Å². The molecule has 4 nitrogen and oxygen atoms in total. The molecule has 0 aromatic heterocycles. The minimum atomic E-state index is -3.63. The van der Waals surface area contributed by atoms with Gasteiger partial charge in [0.05, 0.1) is 12.0 Å². The fraction of sp³-hybridized carbons (Fsp3) is 0.250. The van der Waals surface area contributed by atoms with Gasteiger partial charge in [-0.2, -0.15) is 0 Å². The van der Waals surface area contributed by atoms with Crippen molar-refractivity contribution in [1.29, 1.82) is 0 Å². The van der Waals surface area contributed by atoms with Crippen molar-refractivity contribution in [3.05, 3.63) is 52.5 Å². The summed E-state index contributed by atoms with van der Waals surface area (Å²) in [4.78, 5) is 0.222. The number of rotatable bonds is 5. The van der Waals surface area contributed by atoms with Gasteiger partial charge < -0.3 is 4.74 Å². The van der Waals surface area contributed by atoms with Crippen LogP contribution in [0.2, 0.25) is 0 Å². The fourth-order valence-electron chi connectivity index (χ4n) is 2.06. The van der Waals surface area contributed by atoms with Crippen molar-refractivity contribution in [3.63, 3.8) is 0 Å². The molecule has 118 valence electrons. The lowest BCUT2D eigenvalue weighted by atomic mass is 10.0. The summed E-state index contributed by atoms with van der Waals surface area (Å²) in [5.74, 6) is 0.857. The monoisotopic (exact) mass is 383 g/mol. The first-order valence-electron chi connectivity index (χ1n) is 6.80. The number of methoxy groups -OCH3 is 1. The van der Waals surface area contributed by atoms with E-state index in [9.17, 15) is 8.42 Å². The number of nitrogens with one attached hydrogen (secondary N) is 1. The number of hydrogen-bond acceptors (Lipinski definition) is 3. The molecule has 0 atom stereocenters. The zero-order chi connectivity index (χ0) is 16.3. The smallest absolute Gasteiger partial charge is 0.261 e. The molecule has 0 radical (unpaired) electrons. The maximum Gasteiger partial charge on any atom is 0.261 e. The molecular formula is C16H18BrNO3S. The summed E-state index contributed by atoms with van der Waals surface area (Å²) >= 11 is 3.32. The van der Waals surface area contributed by atoms with Crippen LogP contribution in [-0.4, -0.2) is 15.5 Å². The normalized spacial score (nSPS) is 11.5. The van der Waals surface area contributed by atoms with Crippen LogP contribution in [0.4, 0.5) is 5.69 Å². The number of halogens is 1. The number of hydrogen-bond donors (Lipinski definition) is 1. The van der Waals surface area contributed by atoms with Crippen LogP contribution in [-0.2, 0) is 10.0 Å². The molecule has 0 heterocycles. The standard InChI is InChI=1S/C16H18BrNO3S/c1-11(2)15-10-14(8-9-16(15)21-3)22(19,20)18-13-6-4-12(17)5-7-13/h4-11,18H,1-3H3. The van der Waals surface area contributed by atoms with Gasteiger partial charge in [-0.05, 0) is 53.9 Å². The van der Waals surface area contributed by atoms with E-state index in [1.54, 1.807) is 49.6 Å². The van der Waals surface area contributed by atoms with E-state index in [0.717, 1.165) is 10.0 Å². The molecule has 6 heteroatoms. The van der Waals surface area contributed by atoms with E-state index in [2.05, 4.69) is 20.7 Å². The Morgan fingerprint density at radius 2 is 1.73 bits per heavy atom. The number of ether oxygens (including phenoxy) is 1. The van der Waals surface area contributed by atoms with Crippen LogP contribution in [0.5, 0.6) is 5.75 Å². The van der Waals surface area contributed by atoms with Crippen LogP contribution in [0.25, 0.3) is 0 Å². The van der Waals surface area contributed by atoms with Gasteiger partial charge in [-0.3, -0.25) is 4.72 Å². The van der Waals surface area contributed by atoms with Gasteiger partial charge in [0.15, 0.2) is 0 Å². The maximum absolute atomic E-state index is 12.5. The van der Waals surface area contributed by atoms with Crippen LogP contribution < -0.4 is 9.46 Å². The highest BCUT2D eigenvalue weighted by molar-refractivity contribution is 9.10. The molecule has 0 bridgehead atoms. The van der Waals surface area contributed by atoms with E-state index < -0.39 is 10.0 Å². The fourth-order valence-corrected chi connectivity index (χ4v) is 3.42. The molecule has 0 aliphatic carbocycles. The molecule has 2 aromatic rings. The third-order valence-corrected chi connectivity index (χ3v) is 5.14. The summed E-state index contributed by atoms with van der Waals surface area (Å²) in [6, 6.07) is 11.9. The lowest BCUT2D eigenvalue weighted by Crippen LogP contribution is -2.13. The van der Waals surface area contributed by atoms with Crippen molar-refractivity contribution in [1.82, 2.24) is 0 Å². The zero-order valence-corrected chi connectivity index (χ0v) is 15.0. The van der Waals surface area contributed by atoms with E-state index in [0.29, 0.717) is 11.4 Å². The SMILES string of the molecule is COc1ccc(S(=O)(=O)Nc2ccc(Br)cc2)cc1C(C)C. The molecular weight excluding hydrogens is 366 g/mol. The second-order valence-corrected chi connectivity index (χ2v) is 7.77. The highest BCUT2D eigenvalue weighted by Crippen LogP contribution is 2.29. The molecule has 2 rings (SSSR count). The van der Waals surface area contributed by atoms with Gasteiger partial charge in [0, 0.05) is 10.2 Å². The van der Waals surface area contributed by atoms with E-state index in [1.165, 1.54) is 0 Å². The molecule has 0 unspecified atom stereocenters. The number of sulfonamides is 1. The van der Waals surface area contributed by atoms with Crippen molar-refractivity contribution in [3.8, 4) is 5.75 Å². The van der Waals surface area contributed by atoms with Crippen molar-refractivity contribution in [2.24, 2.45) is 0 Å². The predicted octanol–water partition coefficient (Wildman–Crippen LogP) is 4.38. The first-order valence-corrected chi connectivity index (χ1v) is 9.07. The first kappa shape index (κ1) is 16.8. The Morgan fingerprint density at radius 1 is 1.09 bits per heavy atom. The van der Waals surface area contributed by atoms with Gasteiger partial charge >= 0.3 is 0 Å². The molecule has 0 aliphatic heterocycles. The van der Waals surface area contributed by atoms with Crippen molar-refractivity contribution < 1.29 is 13.2 Å². The highest BCUT2D eigenvalue weighted by atomic mass is 79.9. The molecule has 0 fully saturated rings. The van der Waals surface area contributed by atoms with Crippen molar-refractivity contribution in [2.75, 3.05) is 11.8 Å². The van der Waals surface area contributed by atoms with Gasteiger partial charge in [0.1, 0.15) is 5.75 Å². The Balaban J connectivity index is 2.37. The van der Waals surface area contributed by atoms with Crippen LogP contribution >= 0.6 is 15.9 Å². The lowest BCUT2D eigenvalue weighted by molar-refractivity contribution is 0.407. The third-order valence-electron chi connectivity index (χ3n) is 3.23. The van der Waals surface area contributed by atoms with Gasteiger partial charge in [0.2, 0.25) is 0 Å². The van der Waals surface area contributed by atoms with E-state index in [4.69, 9.17) is 4.74 Å². The average molecular weight is 384 g/mol. The quantitative estimate of drug-likeness (QED) is 0.832. The highest BCUT2D eigenvalue weighted by Gasteiger charge is 2.18. The van der Waals surface area contributed by atoms with Crippen LogP contribution in [0.15, 0.2) is 51.8 Å². The Bertz CT molecular complexity index is 755. The van der Waals surface area contributed by atoms with E-state index in [-0.39, 0.29) is 10.8 Å².